The summed E-state index contributed by atoms with van der Waals surface area (Å²) in [6, 6.07) is 139. The monoisotopic (exact) mass is 1680 g/mol. The topological polar surface area (TPSA) is 268 Å². The van der Waals surface area contributed by atoms with Gasteiger partial charge < -0.3 is 27.0 Å². The molecule has 0 aliphatic rings. The van der Waals surface area contributed by atoms with Crippen molar-refractivity contribution >= 4 is 131 Å². The van der Waals surface area contributed by atoms with Crippen molar-refractivity contribution in [3.8, 4) is 138 Å². The van der Waals surface area contributed by atoms with Crippen molar-refractivity contribution in [2.75, 3.05) is 0 Å². The maximum Gasteiger partial charge on any atom is 0.135 e. The van der Waals surface area contributed by atoms with Gasteiger partial charge in [0.15, 0.2) is 0 Å². The van der Waals surface area contributed by atoms with Gasteiger partial charge in [-0.25, -0.2) is 0 Å². The van der Waals surface area contributed by atoms with Gasteiger partial charge in [-0.05, 0) is 315 Å². The van der Waals surface area contributed by atoms with Crippen molar-refractivity contribution in [3.05, 3.63) is 414 Å². The second kappa shape index (κ2) is 32.1. The number of furan rings is 3. The fraction of sp³-hybridized carbons (Fsp3) is 0. The summed E-state index contributed by atoms with van der Waals surface area (Å²) in [5.41, 5.74) is 30.2. The second-order valence-corrected chi connectivity index (χ2v) is 32.3. The SMILES string of the molecule is N#Cc1ccc(-c2cc(-c3ccc4oc5ccccc5c4c3)cc(-n3c4ccc(C#N)cc4c4cc(C#N)ccc43)c2)cc1.N#Cc1ccc2c(c1)c1cc(C#N)ccc1n2-c1cc(-c2ccc3oc4ccccc4c3c2)cc(-c2ccccc2C#N)c1.N#Cc1cccc(-c2cc(-c3ccc4oc5ccccc5c4c3)cc(-n3c4ccc(C#N)cc4c4cc(C#N)ccc43)c2)c1. The number of para-hydroxylation sites is 3. The number of hydrogen-bond acceptors (Lipinski definition) is 12. The molecule has 15 nitrogen and oxygen atoms in total. The zero-order chi connectivity index (χ0) is 89.4. The zero-order valence-corrected chi connectivity index (χ0v) is 69.7. The van der Waals surface area contributed by atoms with Gasteiger partial charge in [0.2, 0.25) is 0 Å². The molecule has 0 aliphatic carbocycles. The number of rotatable bonds is 9. The first-order valence-corrected chi connectivity index (χ1v) is 42.3. The summed E-state index contributed by atoms with van der Waals surface area (Å²) >= 11 is 0. The molecule has 132 heavy (non-hydrogen) atoms. The molecule has 0 bridgehead atoms. The molecule has 0 radical (unpaired) electrons. The van der Waals surface area contributed by atoms with E-state index in [4.69, 9.17) is 13.3 Å². The molecule has 0 N–H and O–H groups in total. The maximum absolute atomic E-state index is 9.98. The van der Waals surface area contributed by atoms with Gasteiger partial charge in [0.1, 0.15) is 33.5 Å². The lowest BCUT2D eigenvalue weighted by Crippen LogP contribution is -1.97. The van der Waals surface area contributed by atoms with Crippen LogP contribution >= 0.6 is 0 Å². The van der Waals surface area contributed by atoms with Crippen LogP contribution in [0.15, 0.2) is 377 Å². The molecule has 24 aromatic rings. The molecule has 606 valence electrons. The minimum Gasteiger partial charge on any atom is -0.456 e. The third-order valence-corrected chi connectivity index (χ3v) is 24.8. The average molecular weight is 1680 g/mol. The fourth-order valence-corrected chi connectivity index (χ4v) is 18.6. The van der Waals surface area contributed by atoms with Gasteiger partial charge in [-0.2, -0.15) is 47.4 Å². The lowest BCUT2D eigenvalue weighted by atomic mass is 9.94. The molecule has 15 heteroatoms. The van der Waals surface area contributed by atoms with Gasteiger partial charge in [0.05, 0.1) is 138 Å². The van der Waals surface area contributed by atoms with Gasteiger partial charge >= 0.3 is 0 Å². The number of nitrogens with zero attached hydrogens (tertiary/aromatic N) is 12. The van der Waals surface area contributed by atoms with Gasteiger partial charge in [-0.1, -0.05) is 115 Å². The number of nitriles is 9. The van der Waals surface area contributed by atoms with Gasteiger partial charge in [0.25, 0.3) is 0 Å². The van der Waals surface area contributed by atoms with E-state index in [0.29, 0.717) is 50.1 Å². The van der Waals surface area contributed by atoms with E-state index in [2.05, 4.69) is 178 Å². The molecular weight excluding hydrogens is 1620 g/mol. The van der Waals surface area contributed by atoms with E-state index in [-0.39, 0.29) is 0 Å². The Bertz CT molecular complexity index is 9300. The van der Waals surface area contributed by atoms with E-state index in [1.807, 2.05) is 249 Å². The number of aromatic nitrogens is 3. The lowest BCUT2D eigenvalue weighted by molar-refractivity contribution is 0.668. The summed E-state index contributed by atoms with van der Waals surface area (Å²) in [4.78, 5) is 0. The molecule has 0 atom stereocenters. The van der Waals surface area contributed by atoms with Crippen LogP contribution in [0.4, 0.5) is 0 Å². The highest BCUT2D eigenvalue weighted by Gasteiger charge is 2.24. The first-order chi connectivity index (χ1) is 64.9. The minimum atomic E-state index is 0.553. The minimum absolute atomic E-state index is 0.553. The Hall–Kier alpha value is -19.8. The molecule has 0 fully saturated rings. The van der Waals surface area contributed by atoms with Crippen LogP contribution in [0.2, 0.25) is 0 Å². The van der Waals surface area contributed by atoms with Crippen molar-refractivity contribution < 1.29 is 13.3 Å². The van der Waals surface area contributed by atoms with Crippen LogP contribution in [0.5, 0.6) is 0 Å². The molecule has 6 heterocycles. The quantitative estimate of drug-likeness (QED) is 0.131. The Morgan fingerprint density at radius 2 is 0.424 bits per heavy atom. The molecule has 0 spiro atoms. The lowest BCUT2D eigenvalue weighted by Gasteiger charge is -2.15. The van der Waals surface area contributed by atoms with E-state index in [1.54, 1.807) is 6.07 Å². The Kier molecular flexibility index (Phi) is 19.0. The van der Waals surface area contributed by atoms with E-state index in [0.717, 1.165) is 215 Å². The third-order valence-electron chi connectivity index (χ3n) is 24.8. The molecule has 0 unspecified atom stereocenters. The van der Waals surface area contributed by atoms with E-state index in [1.165, 1.54) is 0 Å². The summed E-state index contributed by atoms with van der Waals surface area (Å²) in [6.45, 7) is 0. The molecule has 0 amide bonds. The molecule has 18 aromatic carbocycles. The van der Waals surface area contributed by atoms with Gasteiger partial charge in [0, 0.05) is 81.7 Å². The molecule has 0 saturated heterocycles. The average Bonchev–Trinajstić information content (AvgIpc) is 1.59. The van der Waals surface area contributed by atoms with Gasteiger partial charge in [-0.3, -0.25) is 0 Å². The Balaban J connectivity index is 0.000000116. The fourth-order valence-electron chi connectivity index (χ4n) is 18.6. The van der Waals surface area contributed by atoms with E-state index >= 15 is 0 Å². The van der Waals surface area contributed by atoms with E-state index < -0.39 is 0 Å². The Morgan fingerprint density at radius 1 is 0.159 bits per heavy atom. The summed E-state index contributed by atoms with van der Waals surface area (Å²) < 4.78 is 24.8. The second-order valence-electron chi connectivity index (χ2n) is 32.3. The van der Waals surface area contributed by atoms with E-state index in [9.17, 15) is 47.4 Å². The molecule has 0 aliphatic heterocycles. The highest BCUT2D eigenvalue weighted by molar-refractivity contribution is 6.15. The summed E-state index contributed by atoms with van der Waals surface area (Å²) in [7, 11) is 0. The largest absolute Gasteiger partial charge is 0.456 e. The predicted octanol–water partition coefficient (Wildman–Crippen LogP) is 28.9. The van der Waals surface area contributed by atoms with Gasteiger partial charge in [-0.15, -0.1) is 0 Å². The number of hydrogen-bond donors (Lipinski definition) is 0. The van der Waals surface area contributed by atoms with Crippen molar-refractivity contribution in [1.29, 1.82) is 47.4 Å². The smallest absolute Gasteiger partial charge is 0.135 e. The van der Waals surface area contributed by atoms with Crippen molar-refractivity contribution in [3.63, 3.8) is 0 Å². The van der Waals surface area contributed by atoms with Crippen LogP contribution in [-0.4, -0.2) is 13.7 Å². The van der Waals surface area contributed by atoms with Crippen LogP contribution in [-0.2, 0) is 0 Å². The van der Waals surface area contributed by atoms with Crippen LogP contribution in [0.3, 0.4) is 0 Å². The van der Waals surface area contributed by atoms with Crippen molar-refractivity contribution in [1.82, 2.24) is 13.7 Å². The maximum atomic E-state index is 9.98. The Morgan fingerprint density at radius 3 is 0.758 bits per heavy atom. The van der Waals surface area contributed by atoms with Crippen molar-refractivity contribution in [2.45, 2.75) is 0 Å². The van der Waals surface area contributed by atoms with Crippen LogP contribution < -0.4 is 0 Å². The highest BCUT2D eigenvalue weighted by atomic mass is 16.3. The summed E-state index contributed by atoms with van der Waals surface area (Å²) in [5, 5.41) is 98.6. The standard InChI is InChI=1S/3C39H20N4O/c40-21-24-4-3-5-27(14-24)29-17-30(28-10-13-39-35(20-28)32-6-1-2-7-38(32)44-39)19-31(18-29)43-36-11-8-25(22-41)15-33(36)34-16-26(23-42)9-12-37(34)43;40-21-24-9-12-36-33(15-24)34-16-25(22-41)10-13-37(34)43(36)30-18-28(17-29(19-30)31-6-2-1-5-27(31)23-42)26-11-14-39-35(20-26)32-7-3-4-8-38(32)44-39;40-21-24-5-9-27(10-6-24)29-17-30(28-11-14-39-35(20-28)32-3-1-2-4-38(32)44-39)19-31(18-29)43-36-12-7-25(22-41)15-33(36)34-16-26(23-42)8-13-37(34)43/h3*1-20H. The van der Waals surface area contributed by atoms with Crippen LogP contribution in [0.1, 0.15) is 50.1 Å². The molecule has 0 saturated carbocycles. The number of benzene rings is 18. The predicted molar refractivity (Wildman–Crippen MR) is 519 cm³/mol. The molecule has 6 aromatic heterocycles. The Labute approximate surface area is 753 Å². The summed E-state index contributed by atoms with van der Waals surface area (Å²) in [5.74, 6) is 0. The number of fused-ring (bicyclic) bond motifs is 18. The molecule has 24 rings (SSSR count). The van der Waals surface area contributed by atoms with Crippen molar-refractivity contribution in [2.24, 2.45) is 0 Å². The first kappa shape index (κ1) is 78.2. The summed E-state index contributed by atoms with van der Waals surface area (Å²) in [6.07, 6.45) is 0. The normalized spacial score (nSPS) is 11.1. The molecular formula is C117H60N12O3. The zero-order valence-electron chi connectivity index (χ0n) is 69.7. The third kappa shape index (κ3) is 13.6. The van der Waals surface area contributed by atoms with Crippen LogP contribution in [0.25, 0.3) is 215 Å². The highest BCUT2D eigenvalue weighted by Crippen LogP contribution is 2.45. The first-order valence-electron chi connectivity index (χ1n) is 42.3. The van der Waals surface area contributed by atoms with Crippen LogP contribution in [0, 0.1) is 102 Å².